The molecule has 0 spiro atoms. The summed E-state index contributed by atoms with van der Waals surface area (Å²) in [5, 5.41) is 0. The van der Waals surface area contributed by atoms with Gasteiger partial charge in [-0.15, -0.1) is 0 Å². The maximum absolute atomic E-state index is 12.2. The summed E-state index contributed by atoms with van der Waals surface area (Å²) in [4.78, 5) is 12.2. The Bertz CT molecular complexity index is 428. The van der Waals surface area contributed by atoms with Crippen LogP contribution in [0.2, 0.25) is 0 Å². The van der Waals surface area contributed by atoms with Crippen molar-refractivity contribution in [1.29, 1.82) is 0 Å². The third kappa shape index (κ3) is 2.07. The number of carbonyl (C=O) groups excluding carboxylic acids is 1. The Morgan fingerprint density at radius 1 is 1.39 bits per heavy atom. The number of nitrogens with one attached hydrogen (secondary N) is 1. The predicted octanol–water partition coefficient (Wildman–Crippen LogP) is 0.733. The summed E-state index contributed by atoms with van der Waals surface area (Å²) in [7, 11) is 1.60. The van der Waals surface area contributed by atoms with E-state index in [4.69, 9.17) is 15.3 Å². The highest BCUT2D eigenvalue weighted by atomic mass is 16.5. The van der Waals surface area contributed by atoms with Gasteiger partial charge >= 0.3 is 0 Å². The second-order valence-electron chi connectivity index (χ2n) is 4.37. The Labute approximate surface area is 106 Å². The molecule has 1 amide bonds. The van der Waals surface area contributed by atoms with E-state index < -0.39 is 5.41 Å². The van der Waals surface area contributed by atoms with Crippen LogP contribution in [0.3, 0.4) is 0 Å². The SMILES string of the molecule is COc1ccccc1C1(C(=O)NN)CCOCC1. The Morgan fingerprint density at radius 2 is 2.06 bits per heavy atom. The molecule has 1 fully saturated rings. The summed E-state index contributed by atoms with van der Waals surface area (Å²) >= 11 is 0. The van der Waals surface area contributed by atoms with Crippen LogP contribution in [-0.2, 0) is 14.9 Å². The highest BCUT2D eigenvalue weighted by Gasteiger charge is 2.43. The van der Waals surface area contributed by atoms with Gasteiger partial charge in [-0.05, 0) is 18.9 Å². The zero-order valence-corrected chi connectivity index (χ0v) is 10.4. The molecule has 0 bridgehead atoms. The molecule has 1 aliphatic rings. The maximum atomic E-state index is 12.2. The molecule has 1 aliphatic heterocycles. The first kappa shape index (κ1) is 12.9. The second-order valence-corrected chi connectivity index (χ2v) is 4.37. The Hall–Kier alpha value is -1.59. The van der Waals surface area contributed by atoms with E-state index in [0.29, 0.717) is 31.8 Å². The van der Waals surface area contributed by atoms with Gasteiger partial charge in [-0.3, -0.25) is 10.2 Å². The number of hydrogen-bond donors (Lipinski definition) is 2. The first-order valence-electron chi connectivity index (χ1n) is 5.97. The summed E-state index contributed by atoms with van der Waals surface area (Å²) < 4.78 is 10.7. The van der Waals surface area contributed by atoms with Gasteiger partial charge in [-0.25, -0.2) is 5.84 Å². The minimum Gasteiger partial charge on any atom is -0.496 e. The number of hydrazine groups is 1. The molecule has 1 heterocycles. The van der Waals surface area contributed by atoms with Crippen LogP contribution in [-0.4, -0.2) is 26.2 Å². The van der Waals surface area contributed by atoms with Crippen molar-refractivity contribution in [2.24, 2.45) is 5.84 Å². The Morgan fingerprint density at radius 3 is 2.67 bits per heavy atom. The molecule has 0 unspecified atom stereocenters. The number of para-hydroxylation sites is 1. The lowest BCUT2D eigenvalue weighted by molar-refractivity contribution is -0.130. The molecule has 0 aromatic heterocycles. The van der Waals surface area contributed by atoms with E-state index >= 15 is 0 Å². The van der Waals surface area contributed by atoms with Crippen molar-refractivity contribution in [3.05, 3.63) is 29.8 Å². The molecule has 1 saturated heterocycles. The van der Waals surface area contributed by atoms with Crippen molar-refractivity contribution in [2.45, 2.75) is 18.3 Å². The molecular weight excluding hydrogens is 232 g/mol. The minimum atomic E-state index is -0.653. The summed E-state index contributed by atoms with van der Waals surface area (Å²) in [6.45, 7) is 1.09. The fraction of sp³-hybridized carbons (Fsp3) is 0.462. The number of hydrogen-bond acceptors (Lipinski definition) is 4. The standard InChI is InChI=1S/C13H18N2O3/c1-17-11-5-3-2-4-10(11)13(12(16)15-14)6-8-18-9-7-13/h2-5H,6-9,14H2,1H3,(H,15,16). The molecule has 0 atom stereocenters. The Balaban J connectivity index is 2.48. The largest absolute Gasteiger partial charge is 0.496 e. The third-order valence-electron chi connectivity index (χ3n) is 3.53. The molecular formula is C13H18N2O3. The summed E-state index contributed by atoms with van der Waals surface area (Å²) in [5.41, 5.74) is 2.50. The van der Waals surface area contributed by atoms with E-state index in [1.165, 1.54) is 0 Å². The predicted molar refractivity (Wildman–Crippen MR) is 67.1 cm³/mol. The van der Waals surface area contributed by atoms with Crippen LogP contribution in [0, 0.1) is 0 Å². The van der Waals surface area contributed by atoms with Crippen LogP contribution in [0.15, 0.2) is 24.3 Å². The summed E-state index contributed by atoms with van der Waals surface area (Å²) in [6, 6.07) is 7.56. The van der Waals surface area contributed by atoms with Crippen molar-refractivity contribution < 1.29 is 14.3 Å². The van der Waals surface area contributed by atoms with Crippen LogP contribution in [0.1, 0.15) is 18.4 Å². The molecule has 98 valence electrons. The lowest BCUT2D eigenvalue weighted by Gasteiger charge is -2.36. The summed E-state index contributed by atoms with van der Waals surface area (Å²) in [5.74, 6) is 5.86. The highest BCUT2D eigenvalue weighted by molar-refractivity contribution is 5.88. The monoisotopic (exact) mass is 250 g/mol. The number of methoxy groups -OCH3 is 1. The molecule has 5 nitrogen and oxygen atoms in total. The van der Waals surface area contributed by atoms with E-state index in [1.807, 2.05) is 24.3 Å². The van der Waals surface area contributed by atoms with Crippen molar-refractivity contribution in [3.8, 4) is 5.75 Å². The van der Waals surface area contributed by atoms with E-state index in [0.717, 1.165) is 5.56 Å². The van der Waals surface area contributed by atoms with Crippen LogP contribution < -0.4 is 16.0 Å². The molecule has 2 rings (SSSR count). The minimum absolute atomic E-state index is 0.185. The van der Waals surface area contributed by atoms with Gasteiger partial charge in [0.05, 0.1) is 12.5 Å². The average Bonchev–Trinajstić information content (AvgIpc) is 2.47. The van der Waals surface area contributed by atoms with E-state index in [9.17, 15) is 4.79 Å². The molecule has 0 saturated carbocycles. The number of amides is 1. The molecule has 5 heteroatoms. The summed E-state index contributed by atoms with van der Waals surface area (Å²) in [6.07, 6.45) is 1.22. The molecule has 0 radical (unpaired) electrons. The van der Waals surface area contributed by atoms with Gasteiger partial charge in [0, 0.05) is 18.8 Å². The zero-order valence-electron chi connectivity index (χ0n) is 10.4. The Kier molecular flexibility index (Phi) is 3.84. The van der Waals surface area contributed by atoms with Gasteiger partial charge in [0.2, 0.25) is 5.91 Å². The topological polar surface area (TPSA) is 73.6 Å². The van der Waals surface area contributed by atoms with Crippen LogP contribution in [0.5, 0.6) is 5.75 Å². The van der Waals surface area contributed by atoms with Gasteiger partial charge in [0.1, 0.15) is 5.75 Å². The molecule has 3 N–H and O–H groups in total. The van der Waals surface area contributed by atoms with Crippen molar-refractivity contribution in [2.75, 3.05) is 20.3 Å². The number of nitrogens with two attached hydrogens (primary N) is 1. The van der Waals surface area contributed by atoms with Gasteiger partial charge in [-0.2, -0.15) is 0 Å². The van der Waals surface area contributed by atoms with Crippen LogP contribution in [0.25, 0.3) is 0 Å². The lowest BCUT2D eigenvalue weighted by Crippen LogP contribution is -2.50. The number of carbonyl (C=O) groups is 1. The molecule has 1 aromatic rings. The van der Waals surface area contributed by atoms with Gasteiger partial charge in [0.15, 0.2) is 0 Å². The third-order valence-corrected chi connectivity index (χ3v) is 3.53. The zero-order chi connectivity index (χ0) is 13.0. The molecule has 18 heavy (non-hydrogen) atoms. The number of rotatable bonds is 3. The van der Waals surface area contributed by atoms with Crippen LogP contribution in [0.4, 0.5) is 0 Å². The van der Waals surface area contributed by atoms with Gasteiger partial charge in [-0.1, -0.05) is 18.2 Å². The number of ether oxygens (including phenoxy) is 2. The smallest absolute Gasteiger partial charge is 0.244 e. The molecule has 0 aliphatic carbocycles. The van der Waals surface area contributed by atoms with Crippen molar-refractivity contribution >= 4 is 5.91 Å². The van der Waals surface area contributed by atoms with Gasteiger partial charge < -0.3 is 9.47 Å². The van der Waals surface area contributed by atoms with Gasteiger partial charge in [0.25, 0.3) is 0 Å². The first-order chi connectivity index (χ1) is 8.74. The highest BCUT2D eigenvalue weighted by Crippen LogP contribution is 2.39. The van der Waals surface area contributed by atoms with Crippen LogP contribution >= 0.6 is 0 Å². The van der Waals surface area contributed by atoms with E-state index in [-0.39, 0.29) is 5.91 Å². The fourth-order valence-corrected chi connectivity index (χ4v) is 2.52. The maximum Gasteiger partial charge on any atom is 0.244 e. The lowest BCUT2D eigenvalue weighted by atomic mass is 9.73. The van der Waals surface area contributed by atoms with Crippen molar-refractivity contribution in [1.82, 2.24) is 5.43 Å². The first-order valence-corrected chi connectivity index (χ1v) is 5.97. The van der Waals surface area contributed by atoms with E-state index in [2.05, 4.69) is 5.43 Å². The normalized spacial score (nSPS) is 18.1. The molecule has 1 aromatic carbocycles. The van der Waals surface area contributed by atoms with Crippen molar-refractivity contribution in [3.63, 3.8) is 0 Å². The quantitative estimate of drug-likeness (QED) is 0.471. The van der Waals surface area contributed by atoms with E-state index in [1.54, 1.807) is 7.11 Å². The number of benzene rings is 1. The average molecular weight is 250 g/mol. The fourth-order valence-electron chi connectivity index (χ4n) is 2.52. The second kappa shape index (κ2) is 5.37.